The monoisotopic (exact) mass is 555 g/mol. The van der Waals surface area contributed by atoms with Gasteiger partial charge in [-0.05, 0) is 47.0 Å². The lowest BCUT2D eigenvalue weighted by atomic mass is 9.92. The van der Waals surface area contributed by atoms with Gasteiger partial charge in [0.1, 0.15) is 17.6 Å². The van der Waals surface area contributed by atoms with E-state index < -0.39 is 12.1 Å². The molecule has 1 aromatic heterocycles. The van der Waals surface area contributed by atoms with Crippen LogP contribution >= 0.6 is 34.8 Å². The number of rotatable bonds is 7. The van der Waals surface area contributed by atoms with Crippen LogP contribution in [0.15, 0.2) is 65.2 Å². The predicted octanol–water partition coefficient (Wildman–Crippen LogP) is 8.46. The Labute approximate surface area is 230 Å². The van der Waals surface area contributed by atoms with Crippen molar-refractivity contribution in [1.29, 1.82) is 0 Å². The maximum Gasteiger partial charge on any atom is 0.337 e. The predicted molar refractivity (Wildman–Crippen MR) is 148 cm³/mol. The number of hydrogen-bond donors (Lipinski definition) is 1. The van der Waals surface area contributed by atoms with E-state index in [-0.39, 0.29) is 5.92 Å². The second-order valence-electron chi connectivity index (χ2n) is 8.69. The quantitative estimate of drug-likeness (QED) is 0.183. The van der Waals surface area contributed by atoms with Crippen LogP contribution in [0.5, 0.6) is 0 Å². The lowest BCUT2D eigenvalue weighted by Gasteiger charge is -2.16. The van der Waals surface area contributed by atoms with Gasteiger partial charge in [-0.15, -0.1) is 0 Å². The first-order valence-electron chi connectivity index (χ1n) is 11.5. The maximum atomic E-state index is 11.8. The second-order valence-corrected chi connectivity index (χ2v) is 9.92. The number of halogens is 3. The molecular weight excluding hydrogens is 533 g/mol. The van der Waals surface area contributed by atoms with Gasteiger partial charge in [0.2, 0.25) is 0 Å². The fraction of sp³-hybridized carbons (Fsp3) is 0.172. The molecule has 0 aliphatic carbocycles. The lowest BCUT2D eigenvalue weighted by molar-refractivity contribution is 0.0600. The van der Waals surface area contributed by atoms with E-state index in [4.69, 9.17) is 44.1 Å². The zero-order valence-electron chi connectivity index (χ0n) is 20.3. The summed E-state index contributed by atoms with van der Waals surface area (Å²) in [5.41, 5.74) is 3.94. The minimum Gasteiger partial charge on any atom is -0.465 e. The summed E-state index contributed by atoms with van der Waals surface area (Å²) in [6.07, 6.45) is 2.60. The number of carbonyl (C=O) groups excluding carboxylic acids is 1. The van der Waals surface area contributed by atoms with Gasteiger partial charge in [-0.1, -0.05) is 96.3 Å². The average molecular weight is 557 g/mol. The van der Waals surface area contributed by atoms with Gasteiger partial charge < -0.3 is 14.4 Å². The molecule has 1 N–H and O–H groups in total. The largest absolute Gasteiger partial charge is 0.465 e. The van der Waals surface area contributed by atoms with E-state index in [1.54, 1.807) is 48.5 Å². The molecule has 0 amide bonds. The smallest absolute Gasteiger partial charge is 0.337 e. The zero-order valence-corrected chi connectivity index (χ0v) is 22.6. The van der Waals surface area contributed by atoms with E-state index in [2.05, 4.69) is 5.16 Å². The van der Waals surface area contributed by atoms with Crippen molar-refractivity contribution in [1.82, 2.24) is 5.16 Å². The average Bonchev–Trinajstić information content (AvgIpc) is 3.32. The third-order valence-electron chi connectivity index (χ3n) is 5.86. The summed E-state index contributed by atoms with van der Waals surface area (Å²) in [6.45, 7) is 3.90. The normalized spacial score (nSPS) is 12.3. The van der Waals surface area contributed by atoms with Crippen molar-refractivity contribution in [2.24, 2.45) is 0 Å². The van der Waals surface area contributed by atoms with Gasteiger partial charge >= 0.3 is 5.97 Å². The molecule has 0 fully saturated rings. The van der Waals surface area contributed by atoms with Crippen molar-refractivity contribution < 1.29 is 19.2 Å². The van der Waals surface area contributed by atoms with Crippen molar-refractivity contribution in [3.8, 4) is 11.3 Å². The van der Waals surface area contributed by atoms with Gasteiger partial charge in [0.15, 0.2) is 0 Å². The third kappa shape index (κ3) is 5.76. The van der Waals surface area contributed by atoms with Crippen LogP contribution in [-0.4, -0.2) is 23.3 Å². The summed E-state index contributed by atoms with van der Waals surface area (Å²) in [4.78, 5) is 11.8. The van der Waals surface area contributed by atoms with Crippen LogP contribution in [0.1, 0.15) is 64.2 Å². The molecule has 190 valence electrons. The molecule has 4 rings (SSSR count). The number of ether oxygens (including phenoxy) is 1. The van der Waals surface area contributed by atoms with Crippen molar-refractivity contribution in [2.45, 2.75) is 25.9 Å². The molecule has 0 aliphatic rings. The standard InChI is InChI=1S/C29H24Cl3NO4/c1-16(2)28-25(26(33-37-28)24-21(30)8-5-9-22(24)31)27(34)19-13-12-18(23(32)15-19)11-10-17-6-4-7-20(14-17)29(35)36-3/h4-16,27,34H,1-3H3. The Morgan fingerprint density at radius 2 is 1.68 bits per heavy atom. The molecule has 3 aromatic carbocycles. The third-order valence-corrected chi connectivity index (χ3v) is 6.81. The number of aliphatic hydroxyl groups is 1. The Kier molecular flexibility index (Phi) is 8.40. The summed E-state index contributed by atoms with van der Waals surface area (Å²) in [7, 11) is 1.34. The zero-order chi connectivity index (χ0) is 26.7. The molecule has 1 unspecified atom stereocenters. The van der Waals surface area contributed by atoms with E-state index >= 15 is 0 Å². The summed E-state index contributed by atoms with van der Waals surface area (Å²) in [6, 6.07) is 17.5. The fourth-order valence-electron chi connectivity index (χ4n) is 3.98. The van der Waals surface area contributed by atoms with E-state index in [1.165, 1.54) is 7.11 Å². The molecule has 1 heterocycles. The molecule has 4 aromatic rings. The van der Waals surface area contributed by atoms with Gasteiger partial charge in [-0.2, -0.15) is 0 Å². The van der Waals surface area contributed by atoms with Crippen LogP contribution in [0.3, 0.4) is 0 Å². The first-order valence-corrected chi connectivity index (χ1v) is 12.6. The van der Waals surface area contributed by atoms with Crippen molar-refractivity contribution in [3.63, 3.8) is 0 Å². The summed E-state index contributed by atoms with van der Waals surface area (Å²) < 4.78 is 10.4. The number of esters is 1. The van der Waals surface area contributed by atoms with Crippen LogP contribution in [-0.2, 0) is 4.74 Å². The van der Waals surface area contributed by atoms with Crippen molar-refractivity contribution in [3.05, 3.63) is 109 Å². The van der Waals surface area contributed by atoms with E-state index in [0.717, 1.165) is 11.1 Å². The Morgan fingerprint density at radius 1 is 0.973 bits per heavy atom. The number of methoxy groups -OCH3 is 1. The number of aromatic nitrogens is 1. The molecule has 8 heteroatoms. The van der Waals surface area contributed by atoms with E-state index in [0.29, 0.717) is 48.8 Å². The molecule has 0 saturated carbocycles. The molecule has 0 saturated heterocycles. The summed E-state index contributed by atoms with van der Waals surface area (Å²) in [5.74, 6) is 0.0771. The molecule has 5 nitrogen and oxygen atoms in total. The minimum absolute atomic E-state index is 0.0504. The van der Waals surface area contributed by atoms with Crippen LogP contribution in [0.25, 0.3) is 23.4 Å². The number of carbonyl (C=O) groups is 1. The molecular formula is C29H24Cl3NO4. The fourth-order valence-corrected chi connectivity index (χ4v) is 4.81. The lowest BCUT2D eigenvalue weighted by Crippen LogP contribution is -2.05. The maximum absolute atomic E-state index is 11.8. The van der Waals surface area contributed by atoms with Crippen molar-refractivity contribution in [2.75, 3.05) is 7.11 Å². The first kappa shape index (κ1) is 27.0. The first-order chi connectivity index (χ1) is 17.7. The van der Waals surface area contributed by atoms with Gasteiger partial charge in [-0.3, -0.25) is 0 Å². The van der Waals surface area contributed by atoms with Gasteiger partial charge in [0.25, 0.3) is 0 Å². The Hall–Kier alpha value is -3.09. The molecule has 37 heavy (non-hydrogen) atoms. The summed E-state index contributed by atoms with van der Waals surface area (Å²) in [5, 5.41) is 16.9. The molecule has 0 bridgehead atoms. The highest BCUT2D eigenvalue weighted by Gasteiger charge is 2.29. The van der Waals surface area contributed by atoms with Gasteiger partial charge in [0.05, 0.1) is 28.3 Å². The SMILES string of the molecule is COC(=O)c1cccc(C=Cc2ccc(C(O)c3c(-c4c(Cl)cccc4Cl)noc3C(C)C)cc2Cl)c1. The van der Waals surface area contributed by atoms with Crippen LogP contribution in [0.2, 0.25) is 15.1 Å². The number of hydrogen-bond acceptors (Lipinski definition) is 5. The number of nitrogens with zero attached hydrogens (tertiary/aromatic N) is 1. The van der Waals surface area contributed by atoms with Crippen LogP contribution in [0, 0.1) is 0 Å². The highest BCUT2D eigenvalue weighted by atomic mass is 35.5. The molecule has 0 radical (unpaired) electrons. The molecule has 0 aliphatic heterocycles. The van der Waals surface area contributed by atoms with Gasteiger partial charge in [0, 0.05) is 16.5 Å². The molecule has 1 atom stereocenters. The van der Waals surface area contributed by atoms with Crippen molar-refractivity contribution >= 4 is 52.9 Å². The van der Waals surface area contributed by atoms with E-state index in [9.17, 15) is 9.90 Å². The van der Waals surface area contributed by atoms with Crippen LogP contribution < -0.4 is 0 Å². The highest BCUT2D eigenvalue weighted by molar-refractivity contribution is 6.39. The molecule has 0 spiro atoms. The number of benzene rings is 3. The van der Waals surface area contributed by atoms with Crippen LogP contribution in [0.4, 0.5) is 0 Å². The Bertz CT molecular complexity index is 1460. The topological polar surface area (TPSA) is 72.6 Å². The second kappa shape index (κ2) is 11.5. The number of aliphatic hydroxyl groups excluding tert-OH is 1. The van der Waals surface area contributed by atoms with E-state index in [1.807, 2.05) is 38.1 Å². The highest BCUT2D eigenvalue weighted by Crippen LogP contribution is 2.42. The Morgan fingerprint density at radius 3 is 2.32 bits per heavy atom. The Balaban J connectivity index is 1.68. The van der Waals surface area contributed by atoms with Gasteiger partial charge in [-0.25, -0.2) is 4.79 Å². The minimum atomic E-state index is -1.08. The summed E-state index contributed by atoms with van der Waals surface area (Å²) >= 11 is 19.5.